The fraction of sp³-hybridized carbons (Fsp3) is 0.400. The highest BCUT2D eigenvalue weighted by Crippen LogP contribution is 2.17. The molecule has 1 heterocycles. The van der Waals surface area contributed by atoms with Gasteiger partial charge in [-0.2, -0.15) is 8.78 Å². The van der Waals surface area contributed by atoms with E-state index in [0.717, 1.165) is 12.2 Å². The zero-order chi connectivity index (χ0) is 6.91. The highest BCUT2D eigenvalue weighted by molar-refractivity contribution is 5.92. The van der Waals surface area contributed by atoms with Crippen molar-refractivity contribution in [3.8, 4) is 0 Å². The highest BCUT2D eigenvalue weighted by Gasteiger charge is 2.26. The lowest BCUT2D eigenvalue weighted by Gasteiger charge is -2.11. The lowest BCUT2D eigenvalue weighted by Crippen LogP contribution is -2.25. The molecule has 0 bridgehead atoms. The number of alkyl halides is 2. The molecule has 0 radical (unpaired) electrons. The zero-order valence-corrected chi connectivity index (χ0v) is 4.64. The van der Waals surface area contributed by atoms with Gasteiger partial charge in [0.15, 0.2) is 0 Å². The molecule has 1 rings (SSSR count). The number of dihydropyridines is 1. The Morgan fingerprint density at radius 2 is 2.33 bits per heavy atom. The average molecular weight is 132 g/mol. The molecule has 0 aliphatic carbocycles. The first kappa shape index (κ1) is 6.19. The van der Waals surface area contributed by atoms with E-state index in [0.29, 0.717) is 0 Å². The molecular formula is C5H6F2N2. The van der Waals surface area contributed by atoms with E-state index in [1.165, 1.54) is 0 Å². The van der Waals surface area contributed by atoms with Crippen molar-refractivity contribution in [1.29, 1.82) is 0 Å². The minimum absolute atomic E-state index is 0.168. The molecular weight excluding hydrogens is 126 g/mol. The fourth-order valence-corrected chi connectivity index (χ4v) is 0.509. The molecule has 1 aliphatic rings. The van der Waals surface area contributed by atoms with Crippen LogP contribution in [-0.2, 0) is 0 Å². The molecule has 50 valence electrons. The van der Waals surface area contributed by atoms with Crippen molar-refractivity contribution in [2.45, 2.75) is 5.92 Å². The second-order valence-corrected chi connectivity index (χ2v) is 1.84. The summed E-state index contributed by atoms with van der Waals surface area (Å²) < 4.78 is 24.3. The van der Waals surface area contributed by atoms with Crippen LogP contribution in [0.1, 0.15) is 0 Å². The Kier molecular flexibility index (Phi) is 1.23. The number of halogens is 2. The first-order chi connectivity index (χ1) is 4.10. The normalized spacial score (nSPS) is 23.6. The van der Waals surface area contributed by atoms with E-state index in [-0.39, 0.29) is 5.84 Å². The Bertz CT molecular complexity index is 172. The summed E-state index contributed by atoms with van der Waals surface area (Å²) in [5.74, 6) is -2.62. The maximum atomic E-state index is 12.1. The number of hydrogen-bond donors (Lipinski definition) is 1. The molecule has 2 N–H and O–H groups in total. The standard InChI is InChI=1S/C5H6F2N2/c6-5(7)2-1-4(8)9-3-5/h1-2H,3H2,(H2,8,9). The van der Waals surface area contributed by atoms with Crippen LogP contribution in [0.4, 0.5) is 8.78 Å². The summed E-state index contributed by atoms with van der Waals surface area (Å²) in [7, 11) is 0. The van der Waals surface area contributed by atoms with E-state index in [9.17, 15) is 8.78 Å². The minimum atomic E-state index is -2.79. The van der Waals surface area contributed by atoms with Gasteiger partial charge in [-0.05, 0) is 12.2 Å². The van der Waals surface area contributed by atoms with Crippen LogP contribution in [-0.4, -0.2) is 18.3 Å². The van der Waals surface area contributed by atoms with Crippen molar-refractivity contribution in [2.75, 3.05) is 6.54 Å². The molecule has 2 nitrogen and oxygen atoms in total. The Balaban J connectivity index is 2.70. The summed E-state index contributed by atoms with van der Waals surface area (Å²) in [6.45, 7) is -0.519. The highest BCUT2D eigenvalue weighted by atomic mass is 19.3. The van der Waals surface area contributed by atoms with Crippen LogP contribution >= 0.6 is 0 Å². The van der Waals surface area contributed by atoms with E-state index in [1.807, 2.05) is 0 Å². The average Bonchev–Trinajstić information content (AvgIpc) is 1.78. The summed E-state index contributed by atoms with van der Waals surface area (Å²) in [6, 6.07) is 0. The Hall–Kier alpha value is -0.930. The number of nitrogens with zero attached hydrogens (tertiary/aromatic N) is 1. The lowest BCUT2D eigenvalue weighted by atomic mass is 10.2. The topological polar surface area (TPSA) is 38.4 Å². The van der Waals surface area contributed by atoms with Gasteiger partial charge >= 0.3 is 0 Å². The van der Waals surface area contributed by atoms with Gasteiger partial charge in [0, 0.05) is 0 Å². The van der Waals surface area contributed by atoms with Crippen molar-refractivity contribution in [3.05, 3.63) is 12.2 Å². The third-order valence-corrected chi connectivity index (χ3v) is 0.970. The molecule has 0 saturated carbocycles. The van der Waals surface area contributed by atoms with Gasteiger partial charge in [0.05, 0.1) is 0 Å². The first-order valence-electron chi connectivity index (χ1n) is 2.47. The van der Waals surface area contributed by atoms with Crippen LogP contribution in [0, 0.1) is 0 Å². The zero-order valence-electron chi connectivity index (χ0n) is 4.64. The quantitative estimate of drug-likeness (QED) is 0.513. The Morgan fingerprint density at radius 3 is 2.67 bits per heavy atom. The van der Waals surface area contributed by atoms with E-state index < -0.39 is 12.5 Å². The van der Waals surface area contributed by atoms with Crippen LogP contribution in [0.15, 0.2) is 17.1 Å². The lowest BCUT2D eigenvalue weighted by molar-refractivity contribution is 0.0647. The second kappa shape index (κ2) is 1.79. The van der Waals surface area contributed by atoms with Crippen molar-refractivity contribution in [1.82, 2.24) is 0 Å². The summed E-state index contributed by atoms with van der Waals surface area (Å²) in [5, 5.41) is 0. The molecule has 0 atom stereocenters. The van der Waals surface area contributed by atoms with Crippen LogP contribution in [0.2, 0.25) is 0 Å². The molecule has 0 fully saturated rings. The number of nitrogens with two attached hydrogens (primary N) is 1. The molecule has 0 unspecified atom stereocenters. The van der Waals surface area contributed by atoms with E-state index >= 15 is 0 Å². The summed E-state index contributed by atoms with van der Waals surface area (Å²) in [5.41, 5.74) is 5.09. The number of hydrogen-bond acceptors (Lipinski definition) is 2. The van der Waals surface area contributed by atoms with Crippen molar-refractivity contribution >= 4 is 5.84 Å². The Morgan fingerprint density at radius 1 is 1.67 bits per heavy atom. The fourth-order valence-electron chi connectivity index (χ4n) is 0.509. The van der Waals surface area contributed by atoms with Crippen molar-refractivity contribution in [3.63, 3.8) is 0 Å². The maximum Gasteiger partial charge on any atom is 0.286 e. The molecule has 0 aromatic heterocycles. The van der Waals surface area contributed by atoms with Gasteiger partial charge in [-0.3, -0.25) is 4.99 Å². The van der Waals surface area contributed by atoms with Gasteiger partial charge in [0.25, 0.3) is 5.92 Å². The van der Waals surface area contributed by atoms with Gasteiger partial charge in [-0.15, -0.1) is 0 Å². The molecule has 0 aromatic carbocycles. The van der Waals surface area contributed by atoms with Crippen molar-refractivity contribution in [2.24, 2.45) is 10.7 Å². The smallest absolute Gasteiger partial charge is 0.286 e. The van der Waals surface area contributed by atoms with Crippen LogP contribution in [0.3, 0.4) is 0 Å². The molecule has 0 spiro atoms. The van der Waals surface area contributed by atoms with Crippen LogP contribution in [0.25, 0.3) is 0 Å². The van der Waals surface area contributed by atoms with Gasteiger partial charge < -0.3 is 5.73 Å². The summed E-state index contributed by atoms with van der Waals surface area (Å²) >= 11 is 0. The summed E-state index contributed by atoms with van der Waals surface area (Å²) in [4.78, 5) is 3.34. The molecule has 9 heavy (non-hydrogen) atoms. The maximum absolute atomic E-state index is 12.1. The van der Waals surface area contributed by atoms with Crippen molar-refractivity contribution < 1.29 is 8.78 Å². The number of rotatable bonds is 0. The van der Waals surface area contributed by atoms with Gasteiger partial charge in [0.2, 0.25) is 0 Å². The number of aliphatic imine (C=N–C) groups is 1. The predicted octanol–water partition coefficient (Wildman–Crippen LogP) is 0.549. The van der Waals surface area contributed by atoms with E-state index in [4.69, 9.17) is 5.73 Å². The second-order valence-electron chi connectivity index (χ2n) is 1.84. The van der Waals surface area contributed by atoms with Crippen LogP contribution < -0.4 is 5.73 Å². The molecule has 4 heteroatoms. The van der Waals surface area contributed by atoms with Gasteiger partial charge in [0.1, 0.15) is 12.4 Å². The third kappa shape index (κ3) is 1.48. The third-order valence-electron chi connectivity index (χ3n) is 0.970. The number of amidine groups is 1. The molecule has 0 saturated heterocycles. The van der Waals surface area contributed by atoms with Gasteiger partial charge in [-0.1, -0.05) is 0 Å². The monoisotopic (exact) mass is 132 g/mol. The van der Waals surface area contributed by atoms with E-state index in [2.05, 4.69) is 4.99 Å². The predicted molar refractivity (Wildman–Crippen MR) is 30.6 cm³/mol. The first-order valence-corrected chi connectivity index (χ1v) is 2.47. The Labute approximate surface area is 51.1 Å². The van der Waals surface area contributed by atoms with E-state index in [1.54, 1.807) is 0 Å². The molecule has 0 aromatic rings. The minimum Gasteiger partial charge on any atom is -0.384 e. The van der Waals surface area contributed by atoms with Crippen LogP contribution in [0.5, 0.6) is 0 Å². The SMILES string of the molecule is NC1=NCC(F)(F)C=C1. The van der Waals surface area contributed by atoms with Gasteiger partial charge in [-0.25, -0.2) is 0 Å². The molecule has 0 amide bonds. The largest absolute Gasteiger partial charge is 0.384 e. The molecule has 1 aliphatic heterocycles. The summed E-state index contributed by atoms with van der Waals surface area (Å²) in [6.07, 6.45) is 1.87.